The Morgan fingerprint density at radius 1 is 1.37 bits per heavy atom. The summed E-state index contributed by atoms with van der Waals surface area (Å²) in [5.74, 6) is -1.10. The van der Waals surface area contributed by atoms with Crippen LogP contribution in [0.2, 0.25) is 0 Å². The molecule has 0 fully saturated rings. The van der Waals surface area contributed by atoms with Crippen molar-refractivity contribution in [3.63, 3.8) is 0 Å². The fourth-order valence-corrected chi connectivity index (χ4v) is 3.82. The number of nitrogens with zero attached hydrogens (tertiary/aromatic N) is 3. The molecule has 0 unspecified atom stereocenters. The first-order valence-corrected chi connectivity index (χ1v) is 8.89. The van der Waals surface area contributed by atoms with E-state index in [0.29, 0.717) is 17.5 Å². The normalized spacial score (nSPS) is 11.3. The zero-order chi connectivity index (χ0) is 19.7. The van der Waals surface area contributed by atoms with Gasteiger partial charge >= 0.3 is 0 Å². The largest absolute Gasteiger partial charge is 0.365 e. The van der Waals surface area contributed by atoms with Crippen LogP contribution in [-0.2, 0) is 11.3 Å². The van der Waals surface area contributed by atoms with Crippen LogP contribution in [0.25, 0.3) is 10.2 Å². The van der Waals surface area contributed by atoms with E-state index in [1.165, 1.54) is 6.07 Å². The summed E-state index contributed by atoms with van der Waals surface area (Å²) >= 11 is 0.887. The second kappa shape index (κ2) is 7.39. The predicted molar refractivity (Wildman–Crippen MR) is 98.0 cm³/mol. The number of aryl methyl sites for hydroxylation is 3. The van der Waals surface area contributed by atoms with Crippen molar-refractivity contribution >= 4 is 39.1 Å². The smallest absolute Gasteiger partial charge is 0.280 e. The van der Waals surface area contributed by atoms with Gasteiger partial charge in [-0.25, -0.2) is 13.8 Å². The average Bonchev–Trinajstić information content (AvgIpc) is 3.16. The van der Waals surface area contributed by atoms with Crippen LogP contribution in [0.1, 0.15) is 39.5 Å². The van der Waals surface area contributed by atoms with Crippen molar-refractivity contribution in [1.29, 1.82) is 0 Å². The number of hydrogen-bond donors (Lipinski definition) is 2. The maximum absolute atomic E-state index is 13.0. The lowest BCUT2D eigenvalue weighted by Crippen LogP contribution is -2.18. The molecular formula is C17H17F2N5O2S. The molecule has 0 aliphatic heterocycles. The number of fused-ring (bicyclic) bond motifs is 1. The van der Waals surface area contributed by atoms with E-state index < -0.39 is 12.3 Å². The van der Waals surface area contributed by atoms with Gasteiger partial charge in [-0.05, 0) is 31.5 Å². The molecule has 10 heteroatoms. The zero-order valence-electron chi connectivity index (χ0n) is 14.6. The van der Waals surface area contributed by atoms with Crippen LogP contribution >= 0.6 is 11.3 Å². The van der Waals surface area contributed by atoms with Gasteiger partial charge in [0.05, 0.1) is 5.69 Å². The first-order chi connectivity index (χ1) is 12.8. The lowest BCUT2D eigenvalue weighted by atomic mass is 10.1. The molecule has 0 aliphatic carbocycles. The first-order valence-electron chi connectivity index (χ1n) is 8.08. The van der Waals surface area contributed by atoms with E-state index in [9.17, 15) is 18.4 Å². The van der Waals surface area contributed by atoms with Crippen molar-refractivity contribution in [2.45, 2.75) is 33.2 Å². The van der Waals surface area contributed by atoms with Crippen LogP contribution in [0.3, 0.4) is 0 Å². The topological polar surface area (TPSA) is 103 Å². The van der Waals surface area contributed by atoms with Gasteiger partial charge in [-0.15, -0.1) is 11.3 Å². The zero-order valence-corrected chi connectivity index (χ0v) is 15.4. The third-order valence-corrected chi connectivity index (χ3v) is 5.17. The summed E-state index contributed by atoms with van der Waals surface area (Å²) in [6.07, 6.45) is -0.970. The predicted octanol–water partition coefficient (Wildman–Crippen LogP) is 3.17. The highest BCUT2D eigenvalue weighted by Gasteiger charge is 2.23. The molecule has 3 aromatic heterocycles. The Bertz CT molecular complexity index is 1030. The number of halogens is 2. The van der Waals surface area contributed by atoms with Gasteiger partial charge in [0.1, 0.15) is 15.4 Å². The second-order valence-corrected chi connectivity index (χ2v) is 7.01. The molecule has 0 aliphatic rings. The molecule has 142 valence electrons. The van der Waals surface area contributed by atoms with Crippen molar-refractivity contribution in [1.82, 2.24) is 14.8 Å². The number of thiophene rings is 1. The van der Waals surface area contributed by atoms with Gasteiger partial charge in [-0.1, -0.05) is 0 Å². The molecular weight excluding hydrogens is 376 g/mol. The molecule has 3 N–H and O–H groups in total. The number of alkyl halides is 2. The van der Waals surface area contributed by atoms with Crippen LogP contribution in [0.4, 0.5) is 14.5 Å². The number of nitrogens with one attached hydrogen (secondary N) is 1. The lowest BCUT2D eigenvalue weighted by molar-refractivity contribution is -0.116. The van der Waals surface area contributed by atoms with Gasteiger partial charge in [-0.2, -0.15) is 5.10 Å². The van der Waals surface area contributed by atoms with Crippen LogP contribution in [-0.4, -0.2) is 26.6 Å². The van der Waals surface area contributed by atoms with E-state index in [1.807, 2.05) is 13.0 Å². The Morgan fingerprint density at radius 2 is 2.11 bits per heavy atom. The molecule has 0 aromatic carbocycles. The quantitative estimate of drug-likeness (QED) is 0.671. The summed E-state index contributed by atoms with van der Waals surface area (Å²) in [6.45, 7) is 3.86. The Labute approximate surface area is 157 Å². The summed E-state index contributed by atoms with van der Waals surface area (Å²) in [4.78, 5) is 28.4. The molecule has 3 heterocycles. The molecule has 3 rings (SSSR count). The third-order valence-electron chi connectivity index (χ3n) is 4.07. The number of pyridine rings is 1. The maximum atomic E-state index is 13.0. The molecule has 2 amide bonds. The molecule has 0 bridgehead atoms. The standard InChI is InChI=1S/C17H17F2N5O2S/c1-8-7-10(15(18)19)22-17-12(8)13(14(27-17)16(20)26)23-11(25)4-6-24-9(2)3-5-21-24/h3,5,7,15H,4,6H2,1-2H3,(H2,20,26)(H,23,25). The van der Waals surface area contributed by atoms with E-state index in [0.717, 1.165) is 17.0 Å². The van der Waals surface area contributed by atoms with Crippen molar-refractivity contribution in [3.05, 3.63) is 40.2 Å². The number of amides is 2. The Morgan fingerprint density at radius 3 is 2.70 bits per heavy atom. The molecule has 0 saturated carbocycles. The SMILES string of the molecule is Cc1cc(C(F)F)nc2sc(C(N)=O)c(NC(=O)CCn3nccc3C)c12. The van der Waals surface area contributed by atoms with Gasteiger partial charge < -0.3 is 11.1 Å². The van der Waals surface area contributed by atoms with Crippen molar-refractivity contribution in [3.8, 4) is 0 Å². The lowest BCUT2D eigenvalue weighted by Gasteiger charge is -2.09. The van der Waals surface area contributed by atoms with E-state index in [-0.39, 0.29) is 33.4 Å². The Hall–Kier alpha value is -2.88. The van der Waals surface area contributed by atoms with Gasteiger partial charge in [0.2, 0.25) is 5.91 Å². The van der Waals surface area contributed by atoms with Crippen LogP contribution < -0.4 is 11.1 Å². The average molecular weight is 393 g/mol. The first kappa shape index (κ1) is 18.9. The Balaban J connectivity index is 1.92. The molecule has 0 atom stereocenters. The number of hydrogen-bond acceptors (Lipinski definition) is 5. The number of carbonyl (C=O) groups is 2. The molecule has 0 radical (unpaired) electrons. The minimum atomic E-state index is -2.73. The number of aromatic nitrogens is 3. The van der Waals surface area contributed by atoms with Crippen molar-refractivity contribution in [2.24, 2.45) is 5.73 Å². The van der Waals surface area contributed by atoms with Crippen LogP contribution in [0.15, 0.2) is 18.3 Å². The number of carbonyl (C=O) groups excluding carboxylic acids is 2. The molecule has 0 spiro atoms. The summed E-state index contributed by atoms with van der Waals surface area (Å²) in [5, 5.41) is 7.24. The summed E-state index contributed by atoms with van der Waals surface area (Å²) in [6, 6.07) is 3.07. The number of primary amides is 1. The molecule has 3 aromatic rings. The number of rotatable bonds is 6. The van der Waals surface area contributed by atoms with E-state index >= 15 is 0 Å². The van der Waals surface area contributed by atoms with Gasteiger partial charge in [0.25, 0.3) is 12.3 Å². The molecule has 0 saturated heterocycles. The Kier molecular flexibility index (Phi) is 5.17. The highest BCUT2D eigenvalue weighted by atomic mass is 32.1. The summed E-state index contributed by atoms with van der Waals surface area (Å²) in [5.41, 5.74) is 6.64. The summed E-state index contributed by atoms with van der Waals surface area (Å²) < 4.78 is 27.7. The highest BCUT2D eigenvalue weighted by Crippen LogP contribution is 2.38. The maximum Gasteiger partial charge on any atom is 0.280 e. The second-order valence-electron chi connectivity index (χ2n) is 6.01. The number of nitrogens with two attached hydrogens (primary N) is 1. The number of anilines is 1. The van der Waals surface area contributed by atoms with Crippen LogP contribution in [0.5, 0.6) is 0 Å². The summed E-state index contributed by atoms with van der Waals surface area (Å²) in [7, 11) is 0. The van der Waals surface area contributed by atoms with Gasteiger partial charge in [0.15, 0.2) is 0 Å². The highest BCUT2D eigenvalue weighted by molar-refractivity contribution is 7.21. The monoisotopic (exact) mass is 393 g/mol. The third kappa shape index (κ3) is 3.80. The fourth-order valence-electron chi connectivity index (χ4n) is 2.75. The van der Waals surface area contributed by atoms with Crippen LogP contribution in [0, 0.1) is 13.8 Å². The van der Waals surface area contributed by atoms with E-state index in [4.69, 9.17) is 5.73 Å². The van der Waals surface area contributed by atoms with E-state index in [2.05, 4.69) is 15.4 Å². The fraction of sp³-hybridized carbons (Fsp3) is 0.294. The minimum absolute atomic E-state index is 0.0793. The molecule has 27 heavy (non-hydrogen) atoms. The van der Waals surface area contributed by atoms with Crippen molar-refractivity contribution < 1.29 is 18.4 Å². The van der Waals surface area contributed by atoms with Crippen molar-refractivity contribution in [2.75, 3.05) is 5.32 Å². The molecule has 7 nitrogen and oxygen atoms in total. The van der Waals surface area contributed by atoms with Gasteiger partial charge in [0, 0.05) is 30.2 Å². The van der Waals surface area contributed by atoms with Gasteiger partial charge in [-0.3, -0.25) is 14.3 Å². The van der Waals surface area contributed by atoms with E-state index in [1.54, 1.807) is 17.8 Å². The minimum Gasteiger partial charge on any atom is -0.365 e.